The van der Waals surface area contributed by atoms with E-state index in [0.717, 1.165) is 10.0 Å². The monoisotopic (exact) mass is 469 g/mol. The van der Waals surface area contributed by atoms with Crippen LogP contribution in [-0.4, -0.2) is 41.8 Å². The third kappa shape index (κ3) is 10.2. The Balaban J connectivity index is 2.85. The predicted octanol–water partition coefficient (Wildman–Crippen LogP) is 5.84. The van der Waals surface area contributed by atoms with Crippen molar-refractivity contribution in [1.29, 1.82) is 0 Å². The Morgan fingerprint density at radius 3 is 2.17 bits per heavy atom. The van der Waals surface area contributed by atoms with Crippen LogP contribution < -0.4 is 0 Å². The van der Waals surface area contributed by atoms with E-state index in [1.165, 1.54) is 0 Å². The van der Waals surface area contributed by atoms with Crippen molar-refractivity contribution in [3.05, 3.63) is 34.3 Å². The van der Waals surface area contributed by atoms with E-state index >= 15 is 0 Å². The molecule has 0 saturated carbocycles. The molecule has 1 rings (SSSR count). The average molecular weight is 470 g/mol. The molecular formula is C23H36BrNO4. The van der Waals surface area contributed by atoms with Gasteiger partial charge >= 0.3 is 12.1 Å². The van der Waals surface area contributed by atoms with Crippen molar-refractivity contribution in [1.82, 2.24) is 4.90 Å². The van der Waals surface area contributed by atoms with Crippen molar-refractivity contribution in [2.45, 2.75) is 72.5 Å². The number of carbonyl (C=O) groups is 2. The number of halogens is 1. The van der Waals surface area contributed by atoms with Crippen LogP contribution in [0.3, 0.4) is 0 Å². The Kier molecular flexibility index (Phi) is 9.19. The Bertz CT molecular complexity index is 691. The van der Waals surface area contributed by atoms with Crippen LogP contribution in [-0.2, 0) is 20.7 Å². The SMILES string of the molecule is C[C@H](CCN(C)C(=O)OC(C)(C)C)[C@H](Cc1cccc(Br)c1)C(=O)OC(C)(C)C. The van der Waals surface area contributed by atoms with Gasteiger partial charge in [0, 0.05) is 18.1 Å². The van der Waals surface area contributed by atoms with Crippen LogP contribution in [0.4, 0.5) is 4.79 Å². The molecule has 0 radical (unpaired) electrons. The summed E-state index contributed by atoms with van der Waals surface area (Å²) in [6, 6.07) is 7.97. The molecule has 1 aromatic rings. The predicted molar refractivity (Wildman–Crippen MR) is 120 cm³/mol. The van der Waals surface area contributed by atoms with E-state index in [1.807, 2.05) is 72.7 Å². The summed E-state index contributed by atoms with van der Waals surface area (Å²) in [6.45, 7) is 13.7. The van der Waals surface area contributed by atoms with Gasteiger partial charge in [-0.05, 0) is 78.0 Å². The molecule has 6 heteroatoms. The summed E-state index contributed by atoms with van der Waals surface area (Å²) in [5, 5.41) is 0. The molecule has 0 bridgehead atoms. The van der Waals surface area contributed by atoms with Gasteiger partial charge in [-0.3, -0.25) is 4.79 Å². The van der Waals surface area contributed by atoms with Crippen molar-refractivity contribution >= 4 is 28.0 Å². The van der Waals surface area contributed by atoms with Crippen molar-refractivity contribution in [3.63, 3.8) is 0 Å². The number of rotatable bonds is 7. The molecule has 0 aliphatic carbocycles. The largest absolute Gasteiger partial charge is 0.460 e. The average Bonchev–Trinajstić information content (AvgIpc) is 2.54. The first-order chi connectivity index (χ1) is 13.2. The van der Waals surface area contributed by atoms with Crippen LogP contribution in [0, 0.1) is 11.8 Å². The molecule has 0 aromatic heterocycles. The zero-order chi connectivity index (χ0) is 22.4. The normalized spacial score (nSPS) is 14.1. The topological polar surface area (TPSA) is 55.8 Å². The molecule has 2 atom stereocenters. The molecule has 5 nitrogen and oxygen atoms in total. The lowest BCUT2D eigenvalue weighted by Crippen LogP contribution is -2.37. The molecule has 0 aliphatic rings. The van der Waals surface area contributed by atoms with E-state index in [1.54, 1.807) is 11.9 Å². The van der Waals surface area contributed by atoms with E-state index in [9.17, 15) is 9.59 Å². The van der Waals surface area contributed by atoms with Gasteiger partial charge in [-0.25, -0.2) is 4.79 Å². The molecule has 1 amide bonds. The van der Waals surface area contributed by atoms with Gasteiger partial charge in [-0.2, -0.15) is 0 Å². The number of esters is 1. The molecular weight excluding hydrogens is 434 g/mol. The molecule has 29 heavy (non-hydrogen) atoms. The summed E-state index contributed by atoms with van der Waals surface area (Å²) in [5.74, 6) is -0.464. The van der Waals surface area contributed by atoms with Crippen LogP contribution in [0.1, 0.15) is 60.5 Å². The lowest BCUT2D eigenvalue weighted by molar-refractivity contribution is -0.162. The van der Waals surface area contributed by atoms with Gasteiger partial charge in [-0.1, -0.05) is 35.0 Å². The number of hydrogen-bond acceptors (Lipinski definition) is 4. The zero-order valence-corrected chi connectivity index (χ0v) is 20.6. The van der Waals surface area contributed by atoms with Crippen LogP contribution in [0.2, 0.25) is 0 Å². The number of nitrogens with zero attached hydrogens (tertiary/aromatic N) is 1. The standard InChI is InChI=1S/C23H36BrNO4/c1-16(12-13-25(8)21(27)29-23(5,6)7)19(20(26)28-22(2,3)4)15-17-10-9-11-18(24)14-17/h9-11,14,16,19H,12-13,15H2,1-8H3/t16-,19+/m1/s1. The summed E-state index contributed by atoms with van der Waals surface area (Å²) < 4.78 is 12.1. The number of carbonyl (C=O) groups excluding carboxylic acids is 2. The highest BCUT2D eigenvalue weighted by Crippen LogP contribution is 2.26. The summed E-state index contributed by atoms with van der Waals surface area (Å²) in [5.41, 5.74) is -0.00125. The summed E-state index contributed by atoms with van der Waals surface area (Å²) in [7, 11) is 1.72. The smallest absolute Gasteiger partial charge is 0.410 e. The van der Waals surface area contributed by atoms with Gasteiger partial charge in [0.2, 0.25) is 0 Å². The van der Waals surface area contributed by atoms with E-state index in [0.29, 0.717) is 19.4 Å². The fourth-order valence-electron chi connectivity index (χ4n) is 2.84. The number of ether oxygens (including phenoxy) is 2. The maximum atomic E-state index is 12.9. The second-order valence-corrected chi connectivity index (χ2v) is 10.6. The second-order valence-electron chi connectivity index (χ2n) is 9.64. The lowest BCUT2D eigenvalue weighted by Gasteiger charge is -2.29. The minimum atomic E-state index is -0.542. The molecule has 0 heterocycles. The number of benzene rings is 1. The first kappa shape index (κ1) is 25.5. The van der Waals surface area contributed by atoms with Crippen LogP contribution in [0.15, 0.2) is 28.7 Å². The lowest BCUT2D eigenvalue weighted by atomic mass is 9.85. The Morgan fingerprint density at radius 1 is 1.07 bits per heavy atom. The first-order valence-electron chi connectivity index (χ1n) is 10.1. The molecule has 0 fully saturated rings. The van der Waals surface area contributed by atoms with Crippen molar-refractivity contribution in [2.75, 3.05) is 13.6 Å². The quantitative estimate of drug-likeness (QED) is 0.470. The zero-order valence-electron chi connectivity index (χ0n) is 19.0. The Labute approximate surface area is 184 Å². The third-order valence-electron chi connectivity index (χ3n) is 4.37. The molecule has 1 aromatic carbocycles. The van der Waals surface area contributed by atoms with Gasteiger partial charge in [0.25, 0.3) is 0 Å². The van der Waals surface area contributed by atoms with E-state index in [2.05, 4.69) is 15.9 Å². The number of amides is 1. The maximum absolute atomic E-state index is 12.9. The highest BCUT2D eigenvalue weighted by atomic mass is 79.9. The highest BCUT2D eigenvalue weighted by molar-refractivity contribution is 9.10. The fourth-order valence-corrected chi connectivity index (χ4v) is 3.29. The Morgan fingerprint density at radius 2 is 1.66 bits per heavy atom. The van der Waals surface area contributed by atoms with Crippen LogP contribution in [0.25, 0.3) is 0 Å². The molecule has 0 aliphatic heterocycles. The summed E-state index contributed by atoms with van der Waals surface area (Å²) in [4.78, 5) is 26.7. The van der Waals surface area contributed by atoms with E-state index in [-0.39, 0.29) is 23.9 Å². The van der Waals surface area contributed by atoms with E-state index in [4.69, 9.17) is 9.47 Å². The molecule has 0 unspecified atom stereocenters. The second kappa shape index (κ2) is 10.5. The summed E-state index contributed by atoms with van der Waals surface area (Å²) in [6.07, 6.45) is 0.907. The first-order valence-corrected chi connectivity index (χ1v) is 10.9. The molecule has 0 saturated heterocycles. The minimum Gasteiger partial charge on any atom is -0.460 e. The highest BCUT2D eigenvalue weighted by Gasteiger charge is 2.30. The van der Waals surface area contributed by atoms with Gasteiger partial charge in [0.05, 0.1) is 5.92 Å². The van der Waals surface area contributed by atoms with Crippen molar-refractivity contribution in [2.24, 2.45) is 11.8 Å². The third-order valence-corrected chi connectivity index (χ3v) is 4.86. The van der Waals surface area contributed by atoms with Gasteiger partial charge < -0.3 is 14.4 Å². The molecule has 0 spiro atoms. The molecule has 164 valence electrons. The maximum Gasteiger partial charge on any atom is 0.410 e. The van der Waals surface area contributed by atoms with Gasteiger partial charge in [-0.15, -0.1) is 0 Å². The van der Waals surface area contributed by atoms with Gasteiger partial charge in [0.15, 0.2) is 0 Å². The Hall–Kier alpha value is -1.56. The molecule has 0 N–H and O–H groups in total. The summed E-state index contributed by atoms with van der Waals surface area (Å²) >= 11 is 3.49. The van der Waals surface area contributed by atoms with E-state index < -0.39 is 11.2 Å². The fraction of sp³-hybridized carbons (Fsp3) is 0.652. The van der Waals surface area contributed by atoms with Gasteiger partial charge in [0.1, 0.15) is 11.2 Å². The van der Waals surface area contributed by atoms with Crippen LogP contribution in [0.5, 0.6) is 0 Å². The van der Waals surface area contributed by atoms with Crippen molar-refractivity contribution in [3.8, 4) is 0 Å². The van der Waals surface area contributed by atoms with Crippen LogP contribution >= 0.6 is 15.9 Å². The van der Waals surface area contributed by atoms with Crippen molar-refractivity contribution < 1.29 is 19.1 Å². The number of hydrogen-bond donors (Lipinski definition) is 0. The minimum absolute atomic E-state index is 0.0359.